The number of hydrogen-bond acceptors (Lipinski definition) is 0. The Morgan fingerprint density at radius 2 is 2.08 bits per heavy atom. The maximum atomic E-state index is 12.2. The van der Waals surface area contributed by atoms with Crippen LogP contribution in [0.15, 0.2) is 36.0 Å². The Balaban J connectivity index is 2.84. The van der Waals surface area contributed by atoms with E-state index >= 15 is 0 Å². The van der Waals surface area contributed by atoms with Gasteiger partial charge in [-0.2, -0.15) is 13.2 Å². The van der Waals surface area contributed by atoms with Crippen LogP contribution in [0.1, 0.15) is 0 Å². The first-order valence-electron chi connectivity index (χ1n) is 3.65. The van der Waals surface area contributed by atoms with Crippen LogP contribution in [0.25, 0.3) is 0 Å². The summed E-state index contributed by atoms with van der Waals surface area (Å²) in [6.45, 7) is 3.35. The van der Waals surface area contributed by atoms with Gasteiger partial charge in [-0.1, -0.05) is 24.8 Å². The molecule has 0 heterocycles. The Bertz CT molecular complexity index is 273. The first-order valence-corrected chi connectivity index (χ1v) is 4.19. The lowest BCUT2D eigenvalue weighted by Gasteiger charge is -2.20. The maximum Gasteiger partial charge on any atom is 0.399 e. The monoisotopic (exact) mass is 208 g/mol. The first-order chi connectivity index (χ1) is 5.95. The largest absolute Gasteiger partial charge is 0.399 e. The van der Waals surface area contributed by atoms with Gasteiger partial charge in [0.15, 0.2) is 0 Å². The van der Waals surface area contributed by atoms with Crippen LogP contribution in [0.4, 0.5) is 13.2 Å². The molecule has 1 aliphatic carbocycles. The van der Waals surface area contributed by atoms with E-state index in [1.165, 1.54) is 12.2 Å². The fourth-order valence-corrected chi connectivity index (χ4v) is 1.29. The van der Waals surface area contributed by atoms with Crippen LogP contribution in [0, 0.1) is 5.92 Å². The summed E-state index contributed by atoms with van der Waals surface area (Å²) in [4.78, 5) is 0. The number of rotatable bonds is 1. The molecule has 0 aromatic heterocycles. The SMILES string of the molecule is C=C1C=C(CCl)C=CC1C(F)(F)F. The first kappa shape index (κ1) is 10.4. The molecule has 1 atom stereocenters. The highest BCUT2D eigenvalue weighted by Crippen LogP contribution is 2.35. The molecule has 0 aliphatic heterocycles. The average Bonchev–Trinajstić information content (AvgIpc) is 2.01. The summed E-state index contributed by atoms with van der Waals surface area (Å²) >= 11 is 5.47. The quantitative estimate of drug-likeness (QED) is 0.579. The highest BCUT2D eigenvalue weighted by atomic mass is 35.5. The summed E-state index contributed by atoms with van der Waals surface area (Å²) < 4.78 is 36.7. The molecular weight excluding hydrogens is 201 g/mol. The minimum atomic E-state index is -4.25. The smallest absolute Gasteiger partial charge is 0.170 e. The molecule has 1 aliphatic rings. The second-order valence-electron chi connectivity index (χ2n) is 2.81. The Hall–Kier alpha value is -0.700. The van der Waals surface area contributed by atoms with Gasteiger partial charge in [-0.15, -0.1) is 11.6 Å². The van der Waals surface area contributed by atoms with Crippen molar-refractivity contribution in [2.45, 2.75) is 6.18 Å². The molecule has 0 saturated carbocycles. The van der Waals surface area contributed by atoms with Crippen molar-refractivity contribution in [2.24, 2.45) is 5.92 Å². The van der Waals surface area contributed by atoms with Crippen molar-refractivity contribution in [2.75, 3.05) is 5.88 Å². The van der Waals surface area contributed by atoms with Crippen molar-refractivity contribution in [1.82, 2.24) is 0 Å². The van der Waals surface area contributed by atoms with E-state index in [1.54, 1.807) is 0 Å². The highest BCUT2D eigenvalue weighted by molar-refractivity contribution is 6.19. The number of halogens is 4. The third-order valence-electron chi connectivity index (χ3n) is 1.78. The zero-order chi connectivity index (χ0) is 10.1. The summed E-state index contributed by atoms with van der Waals surface area (Å²) in [6.07, 6.45) is -0.396. The van der Waals surface area contributed by atoms with E-state index in [9.17, 15) is 13.2 Å². The van der Waals surface area contributed by atoms with Crippen molar-refractivity contribution in [1.29, 1.82) is 0 Å². The van der Waals surface area contributed by atoms with Crippen LogP contribution in [-0.4, -0.2) is 12.1 Å². The molecule has 0 radical (unpaired) electrons. The number of alkyl halides is 4. The summed E-state index contributed by atoms with van der Waals surface area (Å²) in [5.41, 5.74) is 0.706. The van der Waals surface area contributed by atoms with E-state index in [-0.39, 0.29) is 11.5 Å². The lowest BCUT2D eigenvalue weighted by molar-refractivity contribution is -0.150. The third-order valence-corrected chi connectivity index (χ3v) is 2.09. The molecule has 0 amide bonds. The normalized spacial score (nSPS) is 23.2. The predicted octanol–water partition coefficient (Wildman–Crippen LogP) is 3.46. The zero-order valence-electron chi connectivity index (χ0n) is 6.74. The topological polar surface area (TPSA) is 0 Å². The Morgan fingerprint density at radius 3 is 2.46 bits per heavy atom. The molecular formula is C9H8ClF3. The Morgan fingerprint density at radius 1 is 1.46 bits per heavy atom. The van der Waals surface area contributed by atoms with Crippen molar-refractivity contribution < 1.29 is 13.2 Å². The van der Waals surface area contributed by atoms with Crippen LogP contribution >= 0.6 is 11.6 Å². The predicted molar refractivity (Wildman–Crippen MR) is 46.6 cm³/mol. The van der Waals surface area contributed by atoms with Crippen molar-refractivity contribution in [3.8, 4) is 0 Å². The van der Waals surface area contributed by atoms with E-state index in [0.717, 1.165) is 6.08 Å². The van der Waals surface area contributed by atoms with Gasteiger partial charge in [-0.25, -0.2) is 0 Å². The van der Waals surface area contributed by atoms with Gasteiger partial charge >= 0.3 is 6.18 Å². The van der Waals surface area contributed by atoms with Crippen LogP contribution in [-0.2, 0) is 0 Å². The van der Waals surface area contributed by atoms with Crippen LogP contribution in [0.2, 0.25) is 0 Å². The molecule has 0 saturated heterocycles. The van der Waals surface area contributed by atoms with Gasteiger partial charge in [-0.05, 0) is 11.1 Å². The van der Waals surface area contributed by atoms with Gasteiger partial charge in [0.2, 0.25) is 0 Å². The lowest BCUT2D eigenvalue weighted by Crippen LogP contribution is -2.23. The van der Waals surface area contributed by atoms with E-state index in [2.05, 4.69) is 6.58 Å². The van der Waals surface area contributed by atoms with Crippen molar-refractivity contribution in [3.05, 3.63) is 36.0 Å². The second-order valence-corrected chi connectivity index (χ2v) is 3.07. The molecule has 72 valence electrons. The highest BCUT2D eigenvalue weighted by Gasteiger charge is 2.39. The molecule has 0 N–H and O–H groups in total. The molecule has 1 unspecified atom stereocenters. The minimum absolute atomic E-state index is 0.0469. The molecule has 0 aromatic rings. The Labute approximate surface area is 79.4 Å². The molecule has 4 heteroatoms. The van der Waals surface area contributed by atoms with Crippen molar-refractivity contribution in [3.63, 3.8) is 0 Å². The molecule has 0 spiro atoms. The molecule has 0 fully saturated rings. The van der Waals surface area contributed by atoms with Gasteiger partial charge in [0.25, 0.3) is 0 Å². The molecule has 0 nitrogen and oxygen atoms in total. The van der Waals surface area contributed by atoms with Gasteiger partial charge < -0.3 is 0 Å². The molecule has 13 heavy (non-hydrogen) atoms. The van der Waals surface area contributed by atoms with Gasteiger partial charge in [-0.3, -0.25) is 0 Å². The summed E-state index contributed by atoms with van der Waals surface area (Å²) in [5.74, 6) is -1.35. The van der Waals surface area contributed by atoms with Crippen LogP contribution in [0.3, 0.4) is 0 Å². The zero-order valence-corrected chi connectivity index (χ0v) is 7.49. The second kappa shape index (κ2) is 3.58. The fourth-order valence-electron chi connectivity index (χ4n) is 1.12. The van der Waals surface area contributed by atoms with Gasteiger partial charge in [0.1, 0.15) is 0 Å². The van der Waals surface area contributed by atoms with Gasteiger partial charge in [0.05, 0.1) is 5.92 Å². The summed E-state index contributed by atoms with van der Waals surface area (Å²) in [6, 6.07) is 0. The molecule has 0 bridgehead atoms. The Kier molecular flexibility index (Phi) is 2.86. The van der Waals surface area contributed by atoms with E-state index in [0.29, 0.717) is 5.57 Å². The lowest BCUT2D eigenvalue weighted by atomic mass is 9.92. The van der Waals surface area contributed by atoms with E-state index in [4.69, 9.17) is 11.6 Å². The third kappa shape index (κ3) is 2.37. The van der Waals surface area contributed by atoms with Crippen LogP contribution in [0.5, 0.6) is 0 Å². The fraction of sp³-hybridized carbons (Fsp3) is 0.333. The standard InChI is InChI=1S/C9H8ClF3/c1-6-4-7(5-10)2-3-8(6)9(11,12)13/h2-4,8H,1,5H2. The average molecular weight is 209 g/mol. The van der Waals surface area contributed by atoms with Crippen LogP contribution < -0.4 is 0 Å². The molecule has 1 rings (SSSR count). The van der Waals surface area contributed by atoms with Crippen molar-refractivity contribution >= 4 is 11.6 Å². The minimum Gasteiger partial charge on any atom is -0.170 e. The van der Waals surface area contributed by atoms with E-state index < -0.39 is 12.1 Å². The molecule has 0 aromatic carbocycles. The van der Waals surface area contributed by atoms with E-state index in [1.807, 2.05) is 0 Å². The summed E-state index contributed by atoms with van der Waals surface area (Å²) in [5, 5.41) is 0. The number of allylic oxidation sites excluding steroid dienone is 5. The maximum absolute atomic E-state index is 12.2. The summed E-state index contributed by atoms with van der Waals surface area (Å²) in [7, 11) is 0. The van der Waals surface area contributed by atoms with Gasteiger partial charge in [0, 0.05) is 5.88 Å². The number of hydrogen-bond donors (Lipinski definition) is 0.